The maximum atomic E-state index is 11.2. The Morgan fingerprint density at radius 2 is 1.29 bits per heavy atom. The molecule has 0 aliphatic heterocycles. The number of benzene rings is 3. The van der Waals surface area contributed by atoms with Gasteiger partial charge in [-0.05, 0) is 53.1 Å². The highest BCUT2D eigenvalue weighted by Crippen LogP contribution is 2.38. The standard InChI is InChI=1S/C27H25N3O4/c1-33-23-13-9-21(10-14-23)27(20-6-4-3-5-7-20,22-11-15-24(34-2)16-12-22)30-29-25-17-8-19(18-28-25)26(31)32/h3-18,30H,1-2H3,(H,28,29)(H,31,32). The van der Waals surface area contributed by atoms with Crippen molar-refractivity contribution in [3.05, 3.63) is 119 Å². The highest BCUT2D eigenvalue weighted by Gasteiger charge is 2.36. The number of carboxylic acids is 1. The molecule has 0 saturated carbocycles. The number of aromatic carboxylic acids is 1. The monoisotopic (exact) mass is 455 g/mol. The van der Waals surface area contributed by atoms with E-state index < -0.39 is 11.5 Å². The van der Waals surface area contributed by atoms with Crippen LogP contribution in [0, 0.1) is 0 Å². The number of hydrazine groups is 1. The Labute approximate surface area is 198 Å². The number of nitrogens with one attached hydrogen (secondary N) is 2. The molecule has 172 valence electrons. The molecule has 0 amide bonds. The largest absolute Gasteiger partial charge is 0.497 e. The number of hydrogen-bond donors (Lipinski definition) is 3. The topological polar surface area (TPSA) is 92.7 Å². The molecule has 3 aromatic carbocycles. The molecule has 7 nitrogen and oxygen atoms in total. The predicted molar refractivity (Wildman–Crippen MR) is 130 cm³/mol. The average Bonchev–Trinajstić information content (AvgIpc) is 2.90. The highest BCUT2D eigenvalue weighted by atomic mass is 16.5. The molecule has 0 aliphatic carbocycles. The van der Waals surface area contributed by atoms with Crippen molar-refractivity contribution in [1.29, 1.82) is 0 Å². The van der Waals surface area contributed by atoms with Crippen LogP contribution in [-0.2, 0) is 5.54 Å². The lowest BCUT2D eigenvalue weighted by molar-refractivity contribution is 0.0696. The Hall–Kier alpha value is -4.36. The number of hydrogen-bond acceptors (Lipinski definition) is 6. The fourth-order valence-electron chi connectivity index (χ4n) is 3.84. The highest BCUT2D eigenvalue weighted by molar-refractivity contribution is 5.87. The van der Waals surface area contributed by atoms with Crippen LogP contribution in [0.1, 0.15) is 27.0 Å². The predicted octanol–water partition coefficient (Wildman–Crippen LogP) is 4.71. The zero-order valence-corrected chi connectivity index (χ0v) is 18.9. The molecule has 4 aromatic rings. The van der Waals surface area contributed by atoms with Crippen molar-refractivity contribution in [1.82, 2.24) is 10.4 Å². The van der Waals surface area contributed by atoms with E-state index in [1.165, 1.54) is 12.3 Å². The van der Waals surface area contributed by atoms with Crippen LogP contribution in [0.5, 0.6) is 11.5 Å². The van der Waals surface area contributed by atoms with E-state index in [2.05, 4.69) is 15.8 Å². The van der Waals surface area contributed by atoms with Crippen molar-refractivity contribution in [3.63, 3.8) is 0 Å². The van der Waals surface area contributed by atoms with Crippen molar-refractivity contribution in [2.45, 2.75) is 5.54 Å². The van der Waals surface area contributed by atoms with E-state index in [0.29, 0.717) is 5.82 Å². The molecule has 0 spiro atoms. The fraction of sp³-hybridized carbons (Fsp3) is 0.111. The summed E-state index contributed by atoms with van der Waals surface area (Å²) in [6, 6.07) is 28.8. The van der Waals surface area contributed by atoms with E-state index in [4.69, 9.17) is 14.6 Å². The summed E-state index contributed by atoms with van der Waals surface area (Å²) in [5, 5.41) is 9.17. The van der Waals surface area contributed by atoms with E-state index >= 15 is 0 Å². The van der Waals surface area contributed by atoms with Gasteiger partial charge in [0.05, 0.1) is 19.8 Å². The lowest BCUT2D eigenvalue weighted by Crippen LogP contribution is -2.47. The van der Waals surface area contributed by atoms with Crippen molar-refractivity contribution in [2.24, 2.45) is 0 Å². The molecule has 0 fully saturated rings. The molecule has 7 heteroatoms. The second-order valence-electron chi connectivity index (χ2n) is 7.56. The SMILES string of the molecule is COc1ccc(C(NNc2ccc(C(=O)O)cn2)(c2ccccc2)c2ccc(OC)cc2)cc1. The molecule has 0 radical (unpaired) electrons. The summed E-state index contributed by atoms with van der Waals surface area (Å²) in [5.74, 6) is 0.952. The number of carbonyl (C=O) groups is 1. The third-order valence-corrected chi connectivity index (χ3v) is 5.64. The molecule has 0 aliphatic rings. The van der Waals surface area contributed by atoms with Gasteiger partial charge in [0.15, 0.2) is 0 Å². The number of methoxy groups -OCH3 is 2. The smallest absolute Gasteiger partial charge is 0.337 e. The number of pyridine rings is 1. The third kappa shape index (κ3) is 4.55. The zero-order chi connectivity index (χ0) is 24.0. The minimum absolute atomic E-state index is 0.116. The summed E-state index contributed by atoms with van der Waals surface area (Å²) in [6.07, 6.45) is 1.32. The molecule has 0 atom stereocenters. The van der Waals surface area contributed by atoms with Crippen molar-refractivity contribution < 1.29 is 19.4 Å². The van der Waals surface area contributed by atoms with E-state index in [-0.39, 0.29) is 5.56 Å². The molecule has 1 aromatic heterocycles. The number of anilines is 1. The van der Waals surface area contributed by atoms with Gasteiger partial charge in [-0.1, -0.05) is 54.6 Å². The van der Waals surface area contributed by atoms with E-state index in [0.717, 1.165) is 28.2 Å². The first-order valence-corrected chi connectivity index (χ1v) is 10.6. The first-order chi connectivity index (χ1) is 16.6. The molecular formula is C27H25N3O4. The second-order valence-corrected chi connectivity index (χ2v) is 7.56. The van der Waals surface area contributed by atoms with Crippen LogP contribution in [0.2, 0.25) is 0 Å². The summed E-state index contributed by atoms with van der Waals surface area (Å²) < 4.78 is 10.7. The summed E-state index contributed by atoms with van der Waals surface area (Å²) in [5.41, 5.74) is 8.86. The fourth-order valence-corrected chi connectivity index (χ4v) is 3.84. The quantitative estimate of drug-likeness (QED) is 0.249. The Kier molecular flexibility index (Phi) is 6.75. The van der Waals surface area contributed by atoms with Gasteiger partial charge in [0, 0.05) is 6.20 Å². The molecule has 1 heterocycles. The second kappa shape index (κ2) is 10.1. The van der Waals surface area contributed by atoms with E-state index in [1.54, 1.807) is 20.3 Å². The summed E-state index contributed by atoms with van der Waals surface area (Å²) >= 11 is 0. The van der Waals surface area contributed by atoms with Crippen LogP contribution < -0.4 is 20.3 Å². The first-order valence-electron chi connectivity index (χ1n) is 10.6. The number of carboxylic acid groups (broad SMARTS) is 1. The number of ether oxygens (including phenoxy) is 2. The van der Waals surface area contributed by atoms with Crippen LogP contribution in [-0.4, -0.2) is 30.3 Å². The molecule has 0 bridgehead atoms. The number of nitrogens with zero attached hydrogens (tertiary/aromatic N) is 1. The van der Waals surface area contributed by atoms with Gasteiger partial charge in [-0.25, -0.2) is 15.2 Å². The Morgan fingerprint density at radius 3 is 1.74 bits per heavy atom. The van der Waals surface area contributed by atoms with E-state index in [9.17, 15) is 4.79 Å². The molecule has 4 rings (SSSR count). The summed E-state index contributed by atoms with van der Waals surface area (Å²) in [7, 11) is 3.27. The lowest BCUT2D eigenvalue weighted by atomic mass is 9.77. The van der Waals surface area contributed by atoms with Crippen LogP contribution in [0.25, 0.3) is 0 Å². The number of rotatable bonds is 9. The normalized spacial score (nSPS) is 11.0. The van der Waals surface area contributed by atoms with Crippen LogP contribution in [0.4, 0.5) is 5.82 Å². The van der Waals surface area contributed by atoms with Gasteiger partial charge in [-0.15, -0.1) is 0 Å². The Morgan fingerprint density at radius 1 is 0.765 bits per heavy atom. The van der Waals surface area contributed by atoms with Gasteiger partial charge in [0.25, 0.3) is 0 Å². The van der Waals surface area contributed by atoms with Gasteiger partial charge in [-0.3, -0.25) is 0 Å². The minimum atomic E-state index is -1.03. The van der Waals surface area contributed by atoms with Crippen molar-refractivity contribution in [2.75, 3.05) is 19.6 Å². The Balaban J connectivity index is 1.84. The molecule has 0 saturated heterocycles. The first kappa shape index (κ1) is 22.8. The van der Waals surface area contributed by atoms with Gasteiger partial charge < -0.3 is 20.0 Å². The van der Waals surface area contributed by atoms with E-state index in [1.807, 2.05) is 78.9 Å². The zero-order valence-electron chi connectivity index (χ0n) is 18.9. The lowest BCUT2D eigenvalue weighted by Gasteiger charge is -2.37. The maximum absolute atomic E-state index is 11.2. The van der Waals surface area contributed by atoms with Crippen LogP contribution in [0.15, 0.2) is 97.2 Å². The van der Waals surface area contributed by atoms with Crippen LogP contribution in [0.3, 0.4) is 0 Å². The molecular weight excluding hydrogens is 430 g/mol. The Bertz CT molecular complexity index is 1180. The molecule has 34 heavy (non-hydrogen) atoms. The third-order valence-electron chi connectivity index (χ3n) is 5.64. The van der Waals surface area contributed by atoms with Gasteiger partial charge in [0.2, 0.25) is 0 Å². The average molecular weight is 456 g/mol. The summed E-state index contributed by atoms with van der Waals surface area (Å²) in [4.78, 5) is 15.4. The number of aromatic nitrogens is 1. The van der Waals surface area contributed by atoms with Gasteiger partial charge in [-0.2, -0.15) is 0 Å². The van der Waals surface area contributed by atoms with Crippen molar-refractivity contribution in [3.8, 4) is 11.5 Å². The van der Waals surface area contributed by atoms with Gasteiger partial charge >= 0.3 is 5.97 Å². The summed E-state index contributed by atoms with van der Waals surface area (Å²) in [6.45, 7) is 0. The maximum Gasteiger partial charge on any atom is 0.337 e. The minimum Gasteiger partial charge on any atom is -0.497 e. The van der Waals surface area contributed by atoms with Gasteiger partial charge in [0.1, 0.15) is 22.9 Å². The molecule has 3 N–H and O–H groups in total. The van der Waals surface area contributed by atoms with Crippen LogP contribution >= 0.6 is 0 Å². The van der Waals surface area contributed by atoms with Crippen molar-refractivity contribution >= 4 is 11.8 Å². The molecule has 0 unspecified atom stereocenters.